The highest BCUT2D eigenvalue weighted by Gasteiger charge is 2.18. The zero-order valence-corrected chi connectivity index (χ0v) is 16.0. The van der Waals surface area contributed by atoms with Gasteiger partial charge in [-0.1, -0.05) is 60.7 Å². The summed E-state index contributed by atoms with van der Waals surface area (Å²) in [5.41, 5.74) is 1.93. The van der Waals surface area contributed by atoms with Gasteiger partial charge in [0, 0.05) is 18.1 Å². The van der Waals surface area contributed by atoms with E-state index in [0.717, 1.165) is 5.56 Å². The monoisotopic (exact) mass is 387 g/mol. The Balaban J connectivity index is 1.65. The maximum atomic E-state index is 12.4. The number of carbonyl (C=O) groups is 3. The minimum atomic E-state index is -0.477. The summed E-state index contributed by atoms with van der Waals surface area (Å²) >= 11 is 0. The third kappa shape index (κ3) is 5.62. The maximum Gasteiger partial charge on any atom is 0.313 e. The number of hydrogen-bond donors (Lipinski definition) is 1. The predicted molar refractivity (Wildman–Crippen MR) is 110 cm³/mol. The van der Waals surface area contributed by atoms with Crippen LogP contribution in [0.25, 0.3) is 0 Å². The number of benzene rings is 3. The lowest BCUT2D eigenvalue weighted by molar-refractivity contribution is -0.135. The molecule has 0 saturated heterocycles. The van der Waals surface area contributed by atoms with E-state index in [1.807, 2.05) is 48.5 Å². The molecule has 0 fully saturated rings. The minimum Gasteiger partial charge on any atom is -0.426 e. The molecular formula is C24H21NO4. The molecule has 0 spiro atoms. The quantitative estimate of drug-likeness (QED) is 0.376. The van der Waals surface area contributed by atoms with Crippen LogP contribution in [0.15, 0.2) is 84.9 Å². The number of rotatable bonds is 7. The SMILES string of the molecule is CC(=O)N[C@@H](CC(=O)Oc1ccc(C(=O)c2ccccc2)cc1)c1ccccc1. The van der Waals surface area contributed by atoms with Crippen molar-refractivity contribution in [2.45, 2.75) is 19.4 Å². The number of esters is 1. The molecule has 0 aliphatic rings. The van der Waals surface area contributed by atoms with Gasteiger partial charge in [0.2, 0.25) is 5.91 Å². The Hall–Kier alpha value is -3.73. The van der Waals surface area contributed by atoms with Gasteiger partial charge in [-0.15, -0.1) is 0 Å². The first-order chi connectivity index (χ1) is 14.0. The number of ketones is 1. The largest absolute Gasteiger partial charge is 0.426 e. The molecule has 1 N–H and O–H groups in total. The summed E-state index contributed by atoms with van der Waals surface area (Å²) in [7, 11) is 0. The average Bonchev–Trinajstić information content (AvgIpc) is 2.74. The van der Waals surface area contributed by atoms with Crippen molar-refractivity contribution in [3.8, 4) is 5.75 Å². The number of amides is 1. The molecule has 1 amide bonds. The van der Waals surface area contributed by atoms with Gasteiger partial charge in [-0.25, -0.2) is 0 Å². The van der Waals surface area contributed by atoms with Crippen LogP contribution in [0.4, 0.5) is 0 Å². The van der Waals surface area contributed by atoms with Gasteiger partial charge in [-0.2, -0.15) is 0 Å². The second-order valence-corrected chi connectivity index (χ2v) is 6.56. The Morgan fingerprint density at radius 2 is 1.34 bits per heavy atom. The summed E-state index contributed by atoms with van der Waals surface area (Å²) in [5, 5.41) is 2.77. The summed E-state index contributed by atoms with van der Waals surface area (Å²) < 4.78 is 5.39. The molecule has 0 bridgehead atoms. The molecule has 146 valence electrons. The van der Waals surface area contributed by atoms with E-state index in [0.29, 0.717) is 16.9 Å². The molecule has 3 aromatic rings. The van der Waals surface area contributed by atoms with E-state index in [-0.39, 0.29) is 18.1 Å². The normalized spacial score (nSPS) is 11.3. The molecule has 0 heterocycles. The van der Waals surface area contributed by atoms with Crippen LogP contribution >= 0.6 is 0 Å². The van der Waals surface area contributed by atoms with Crippen LogP contribution in [0, 0.1) is 0 Å². The van der Waals surface area contributed by atoms with Crippen LogP contribution in [0.3, 0.4) is 0 Å². The lowest BCUT2D eigenvalue weighted by atomic mass is 10.0. The van der Waals surface area contributed by atoms with Crippen molar-refractivity contribution in [1.82, 2.24) is 5.32 Å². The van der Waals surface area contributed by atoms with Crippen molar-refractivity contribution in [3.05, 3.63) is 102 Å². The maximum absolute atomic E-state index is 12.4. The molecule has 0 aromatic heterocycles. The van der Waals surface area contributed by atoms with Crippen molar-refractivity contribution < 1.29 is 19.1 Å². The molecule has 3 rings (SSSR count). The van der Waals surface area contributed by atoms with Gasteiger partial charge in [-0.3, -0.25) is 14.4 Å². The van der Waals surface area contributed by atoms with E-state index in [1.54, 1.807) is 36.4 Å². The molecule has 29 heavy (non-hydrogen) atoms. The van der Waals surface area contributed by atoms with Crippen LogP contribution in [0.2, 0.25) is 0 Å². The van der Waals surface area contributed by atoms with Gasteiger partial charge < -0.3 is 10.1 Å². The van der Waals surface area contributed by atoms with Crippen LogP contribution in [0.1, 0.15) is 40.9 Å². The molecular weight excluding hydrogens is 366 g/mol. The van der Waals surface area contributed by atoms with Crippen molar-refractivity contribution in [1.29, 1.82) is 0 Å². The van der Waals surface area contributed by atoms with Gasteiger partial charge >= 0.3 is 5.97 Å². The summed E-state index contributed by atoms with van der Waals surface area (Å²) in [6.45, 7) is 1.41. The second-order valence-electron chi connectivity index (χ2n) is 6.56. The summed E-state index contributed by atoms with van der Waals surface area (Å²) in [6.07, 6.45) is -0.00566. The lowest BCUT2D eigenvalue weighted by Gasteiger charge is -2.17. The van der Waals surface area contributed by atoms with E-state index >= 15 is 0 Å². The molecule has 0 aliphatic carbocycles. The van der Waals surface area contributed by atoms with E-state index < -0.39 is 12.0 Å². The lowest BCUT2D eigenvalue weighted by Crippen LogP contribution is -2.29. The first-order valence-electron chi connectivity index (χ1n) is 9.25. The van der Waals surface area contributed by atoms with Gasteiger partial charge in [0.15, 0.2) is 5.78 Å². The van der Waals surface area contributed by atoms with E-state index in [9.17, 15) is 14.4 Å². The summed E-state index contributed by atoms with van der Waals surface area (Å²) in [4.78, 5) is 36.3. The summed E-state index contributed by atoms with van der Waals surface area (Å²) in [6, 6.07) is 24.2. The highest BCUT2D eigenvalue weighted by atomic mass is 16.5. The Labute approximate surface area is 169 Å². The minimum absolute atomic E-state index is 0.00566. The fourth-order valence-corrected chi connectivity index (χ4v) is 2.95. The third-order valence-electron chi connectivity index (χ3n) is 4.33. The first-order valence-corrected chi connectivity index (χ1v) is 9.25. The van der Waals surface area contributed by atoms with Crippen LogP contribution < -0.4 is 10.1 Å². The molecule has 0 aliphatic heterocycles. The topological polar surface area (TPSA) is 72.5 Å². The van der Waals surface area contributed by atoms with Gasteiger partial charge in [-0.05, 0) is 29.8 Å². The molecule has 1 atom stereocenters. The molecule has 0 radical (unpaired) electrons. The van der Waals surface area contributed by atoms with Crippen LogP contribution in [-0.2, 0) is 9.59 Å². The number of ether oxygens (including phenoxy) is 1. The fraction of sp³-hybridized carbons (Fsp3) is 0.125. The van der Waals surface area contributed by atoms with Gasteiger partial charge in [0.05, 0.1) is 12.5 Å². The molecule has 5 nitrogen and oxygen atoms in total. The van der Waals surface area contributed by atoms with Crippen molar-refractivity contribution in [2.75, 3.05) is 0 Å². The Kier molecular flexibility index (Phi) is 6.53. The molecule has 0 unspecified atom stereocenters. The average molecular weight is 387 g/mol. The van der Waals surface area contributed by atoms with E-state index in [2.05, 4.69) is 5.32 Å². The Bertz CT molecular complexity index is 982. The fourth-order valence-electron chi connectivity index (χ4n) is 2.95. The smallest absolute Gasteiger partial charge is 0.313 e. The van der Waals surface area contributed by atoms with E-state index in [1.165, 1.54) is 6.92 Å². The van der Waals surface area contributed by atoms with Crippen molar-refractivity contribution >= 4 is 17.7 Å². The third-order valence-corrected chi connectivity index (χ3v) is 4.33. The zero-order chi connectivity index (χ0) is 20.6. The number of carbonyl (C=O) groups excluding carboxylic acids is 3. The molecule has 3 aromatic carbocycles. The van der Waals surface area contributed by atoms with Crippen molar-refractivity contribution in [3.63, 3.8) is 0 Å². The summed E-state index contributed by atoms with van der Waals surface area (Å²) in [5.74, 6) is -0.460. The highest BCUT2D eigenvalue weighted by molar-refractivity contribution is 6.09. The van der Waals surface area contributed by atoms with Crippen molar-refractivity contribution in [2.24, 2.45) is 0 Å². The van der Waals surface area contributed by atoms with Crippen LogP contribution in [0.5, 0.6) is 5.75 Å². The number of hydrogen-bond acceptors (Lipinski definition) is 4. The Morgan fingerprint density at radius 3 is 1.93 bits per heavy atom. The standard InChI is InChI=1S/C24H21NO4/c1-17(26)25-22(18-8-4-2-5-9-18)16-23(27)29-21-14-12-20(13-15-21)24(28)19-10-6-3-7-11-19/h2-15,22H,16H2,1H3,(H,25,26)/t22-/m0/s1. The predicted octanol–water partition coefficient (Wildman–Crippen LogP) is 4.09. The first kappa shape index (κ1) is 20.0. The molecule has 5 heteroatoms. The second kappa shape index (κ2) is 9.46. The highest BCUT2D eigenvalue weighted by Crippen LogP contribution is 2.20. The molecule has 0 saturated carbocycles. The Morgan fingerprint density at radius 1 is 0.793 bits per heavy atom. The number of nitrogens with one attached hydrogen (secondary N) is 1. The van der Waals surface area contributed by atoms with E-state index in [4.69, 9.17) is 4.74 Å². The van der Waals surface area contributed by atoms with Gasteiger partial charge in [0.1, 0.15) is 5.75 Å². The van der Waals surface area contributed by atoms with Gasteiger partial charge in [0.25, 0.3) is 0 Å². The zero-order valence-electron chi connectivity index (χ0n) is 16.0. The van der Waals surface area contributed by atoms with Crippen LogP contribution in [-0.4, -0.2) is 17.7 Å².